The van der Waals surface area contributed by atoms with Gasteiger partial charge < -0.3 is 5.32 Å². The van der Waals surface area contributed by atoms with Crippen LogP contribution in [-0.2, 0) is 0 Å². The summed E-state index contributed by atoms with van der Waals surface area (Å²) in [6.45, 7) is 3.59. The molecule has 0 aromatic rings. The minimum atomic E-state index is 0.849. The summed E-state index contributed by atoms with van der Waals surface area (Å²) in [5.74, 6) is 0.849. The molecule has 1 atom stereocenters. The monoisotopic (exact) mass is 157 g/mol. The van der Waals surface area contributed by atoms with Gasteiger partial charge in [-0.05, 0) is 25.9 Å². The van der Waals surface area contributed by atoms with Crippen molar-refractivity contribution in [2.24, 2.45) is 5.92 Å². The molecule has 1 aliphatic heterocycles. The first kappa shape index (κ1) is 8.97. The minimum absolute atomic E-state index is 0.849. The quantitative estimate of drug-likeness (QED) is 0.622. The summed E-state index contributed by atoms with van der Waals surface area (Å²) in [4.78, 5) is 0. The highest BCUT2D eigenvalue weighted by atomic mass is 15.6. The Morgan fingerprint density at radius 1 is 1.55 bits per heavy atom. The molecule has 0 aromatic carbocycles. The zero-order chi connectivity index (χ0) is 8.27. The van der Waals surface area contributed by atoms with Gasteiger partial charge in [0.2, 0.25) is 0 Å². The molecule has 0 spiro atoms. The summed E-state index contributed by atoms with van der Waals surface area (Å²) < 4.78 is 0. The lowest BCUT2D eigenvalue weighted by atomic mass is 10.1. The van der Waals surface area contributed by atoms with Crippen molar-refractivity contribution in [3.8, 4) is 0 Å². The molecule has 11 heavy (non-hydrogen) atoms. The molecule has 3 heteroatoms. The summed E-state index contributed by atoms with van der Waals surface area (Å²) in [6.07, 6.45) is 1.33. The summed E-state index contributed by atoms with van der Waals surface area (Å²) >= 11 is 0. The topological polar surface area (TPSA) is 18.5 Å². The number of nitrogens with zero attached hydrogens (tertiary/aromatic N) is 2. The first-order valence-corrected chi connectivity index (χ1v) is 4.31. The highest BCUT2D eigenvalue weighted by Crippen LogP contribution is 2.15. The van der Waals surface area contributed by atoms with Crippen LogP contribution in [0.4, 0.5) is 0 Å². The van der Waals surface area contributed by atoms with Gasteiger partial charge in [0.15, 0.2) is 0 Å². The van der Waals surface area contributed by atoms with Crippen LogP contribution in [0.3, 0.4) is 0 Å². The Bertz CT molecular complexity index is 114. The SMILES string of the molecule is CNCC1CCN(N(C)C)C1. The standard InChI is InChI=1S/C8H19N3/c1-9-6-8-4-5-11(7-8)10(2)3/h8-9H,4-7H2,1-3H3. The molecule has 0 aliphatic carbocycles. The van der Waals surface area contributed by atoms with Gasteiger partial charge in [0.25, 0.3) is 0 Å². The highest BCUT2D eigenvalue weighted by Gasteiger charge is 2.22. The third-order valence-electron chi connectivity index (χ3n) is 2.32. The summed E-state index contributed by atoms with van der Waals surface area (Å²) in [5.41, 5.74) is 0. The van der Waals surface area contributed by atoms with E-state index in [4.69, 9.17) is 0 Å². The van der Waals surface area contributed by atoms with Crippen LogP contribution in [0.15, 0.2) is 0 Å². The number of hydrazine groups is 1. The van der Waals surface area contributed by atoms with Crippen molar-refractivity contribution in [2.75, 3.05) is 40.8 Å². The molecule has 1 fully saturated rings. The van der Waals surface area contributed by atoms with Gasteiger partial charge in [-0.2, -0.15) is 0 Å². The largest absolute Gasteiger partial charge is 0.319 e. The van der Waals surface area contributed by atoms with E-state index in [-0.39, 0.29) is 0 Å². The van der Waals surface area contributed by atoms with Crippen LogP contribution in [0.1, 0.15) is 6.42 Å². The average Bonchev–Trinajstić information content (AvgIpc) is 2.37. The second-order valence-corrected chi connectivity index (χ2v) is 3.47. The Kier molecular flexibility index (Phi) is 3.30. The van der Waals surface area contributed by atoms with Crippen molar-refractivity contribution in [1.82, 2.24) is 15.3 Å². The molecular formula is C8H19N3. The van der Waals surface area contributed by atoms with Crippen LogP contribution in [0.25, 0.3) is 0 Å². The van der Waals surface area contributed by atoms with E-state index >= 15 is 0 Å². The van der Waals surface area contributed by atoms with Gasteiger partial charge in [-0.3, -0.25) is 0 Å². The summed E-state index contributed by atoms with van der Waals surface area (Å²) in [7, 11) is 6.25. The summed E-state index contributed by atoms with van der Waals surface area (Å²) in [5, 5.41) is 7.80. The van der Waals surface area contributed by atoms with E-state index in [9.17, 15) is 0 Å². The second kappa shape index (κ2) is 4.04. The van der Waals surface area contributed by atoms with E-state index in [0.717, 1.165) is 12.5 Å². The Labute approximate surface area is 69.3 Å². The Morgan fingerprint density at radius 3 is 2.73 bits per heavy atom. The number of hydrogen-bond acceptors (Lipinski definition) is 3. The van der Waals surface area contributed by atoms with Crippen LogP contribution in [0, 0.1) is 5.92 Å². The van der Waals surface area contributed by atoms with E-state index in [1.54, 1.807) is 0 Å². The maximum Gasteiger partial charge on any atom is 0.0174 e. The molecule has 3 nitrogen and oxygen atoms in total. The van der Waals surface area contributed by atoms with E-state index < -0.39 is 0 Å². The molecule has 1 aliphatic rings. The van der Waals surface area contributed by atoms with Gasteiger partial charge >= 0.3 is 0 Å². The van der Waals surface area contributed by atoms with Crippen LogP contribution in [-0.4, -0.2) is 50.8 Å². The fourth-order valence-electron chi connectivity index (χ4n) is 1.63. The molecule has 66 valence electrons. The number of rotatable bonds is 3. The van der Waals surface area contributed by atoms with E-state index in [1.807, 2.05) is 7.05 Å². The zero-order valence-electron chi connectivity index (χ0n) is 7.80. The van der Waals surface area contributed by atoms with Crippen molar-refractivity contribution >= 4 is 0 Å². The summed E-state index contributed by atoms with van der Waals surface area (Å²) in [6, 6.07) is 0. The molecule has 1 heterocycles. The first-order chi connectivity index (χ1) is 5.24. The predicted molar refractivity (Wildman–Crippen MR) is 47.3 cm³/mol. The lowest BCUT2D eigenvalue weighted by molar-refractivity contribution is 0.0492. The molecule has 1 N–H and O–H groups in total. The van der Waals surface area contributed by atoms with Gasteiger partial charge in [0.1, 0.15) is 0 Å². The van der Waals surface area contributed by atoms with Crippen LogP contribution < -0.4 is 5.32 Å². The zero-order valence-corrected chi connectivity index (χ0v) is 7.80. The van der Waals surface area contributed by atoms with Crippen molar-refractivity contribution < 1.29 is 0 Å². The predicted octanol–water partition coefficient (Wildman–Crippen LogP) is 0.00430. The fraction of sp³-hybridized carbons (Fsp3) is 1.00. The average molecular weight is 157 g/mol. The Balaban J connectivity index is 2.23. The molecule has 1 unspecified atom stereocenters. The van der Waals surface area contributed by atoms with Gasteiger partial charge in [-0.25, -0.2) is 10.0 Å². The van der Waals surface area contributed by atoms with Gasteiger partial charge in [-0.15, -0.1) is 0 Å². The van der Waals surface area contributed by atoms with Crippen molar-refractivity contribution in [3.63, 3.8) is 0 Å². The van der Waals surface area contributed by atoms with Crippen LogP contribution in [0.5, 0.6) is 0 Å². The van der Waals surface area contributed by atoms with E-state index in [1.165, 1.54) is 19.5 Å². The van der Waals surface area contributed by atoms with Gasteiger partial charge in [-0.1, -0.05) is 0 Å². The molecule has 0 aromatic heterocycles. The van der Waals surface area contributed by atoms with Gasteiger partial charge in [0, 0.05) is 27.2 Å². The van der Waals surface area contributed by atoms with Gasteiger partial charge in [0.05, 0.1) is 0 Å². The fourth-order valence-corrected chi connectivity index (χ4v) is 1.63. The van der Waals surface area contributed by atoms with Crippen molar-refractivity contribution in [2.45, 2.75) is 6.42 Å². The van der Waals surface area contributed by atoms with Crippen LogP contribution in [0.2, 0.25) is 0 Å². The molecule has 0 amide bonds. The van der Waals surface area contributed by atoms with Crippen molar-refractivity contribution in [3.05, 3.63) is 0 Å². The molecule has 0 bridgehead atoms. The van der Waals surface area contributed by atoms with E-state index in [2.05, 4.69) is 29.4 Å². The number of nitrogens with one attached hydrogen (secondary N) is 1. The molecule has 1 saturated heterocycles. The molecule has 0 radical (unpaired) electrons. The minimum Gasteiger partial charge on any atom is -0.319 e. The van der Waals surface area contributed by atoms with Crippen molar-refractivity contribution in [1.29, 1.82) is 0 Å². The smallest absolute Gasteiger partial charge is 0.0174 e. The third kappa shape index (κ3) is 2.43. The molecule has 1 rings (SSSR count). The van der Waals surface area contributed by atoms with Crippen LogP contribution >= 0.6 is 0 Å². The molecule has 0 saturated carbocycles. The second-order valence-electron chi connectivity index (χ2n) is 3.47. The lowest BCUT2D eigenvalue weighted by Gasteiger charge is -2.23. The number of hydrogen-bond donors (Lipinski definition) is 1. The maximum atomic E-state index is 3.22. The van der Waals surface area contributed by atoms with E-state index in [0.29, 0.717) is 0 Å². The molecular weight excluding hydrogens is 138 g/mol. The Hall–Kier alpha value is -0.120. The third-order valence-corrected chi connectivity index (χ3v) is 2.32. The first-order valence-electron chi connectivity index (χ1n) is 4.31. The Morgan fingerprint density at radius 2 is 2.27 bits per heavy atom. The normalized spacial score (nSPS) is 26.7. The highest BCUT2D eigenvalue weighted by molar-refractivity contribution is 4.73. The lowest BCUT2D eigenvalue weighted by Crippen LogP contribution is -2.35. The maximum absolute atomic E-state index is 3.22.